The molecule has 0 aliphatic heterocycles. The lowest BCUT2D eigenvalue weighted by Crippen LogP contribution is -2.55. The Morgan fingerprint density at radius 3 is 2.15 bits per heavy atom. The predicted octanol–water partition coefficient (Wildman–Crippen LogP) is 0.0319. The van der Waals surface area contributed by atoms with E-state index in [-0.39, 0.29) is 18.8 Å². The van der Waals surface area contributed by atoms with Crippen molar-refractivity contribution >= 4 is 35.5 Å². The molecular formula is C16H29N3O6S. The Kier molecular flexibility index (Phi) is 11.7. The van der Waals surface area contributed by atoms with Crippen LogP contribution < -0.4 is 16.4 Å². The zero-order valence-electron chi connectivity index (χ0n) is 15.4. The Labute approximate surface area is 157 Å². The molecule has 0 aliphatic carbocycles. The topological polar surface area (TPSA) is 159 Å². The zero-order valence-corrected chi connectivity index (χ0v) is 16.2. The summed E-state index contributed by atoms with van der Waals surface area (Å²) in [5, 5.41) is 22.9. The van der Waals surface area contributed by atoms with Gasteiger partial charge in [0.15, 0.2) is 0 Å². The van der Waals surface area contributed by atoms with Crippen LogP contribution in [0.4, 0.5) is 0 Å². The smallest absolute Gasteiger partial charge is 0.326 e. The van der Waals surface area contributed by atoms with Gasteiger partial charge >= 0.3 is 11.9 Å². The predicted molar refractivity (Wildman–Crippen MR) is 98.8 cm³/mol. The number of thioether (sulfide) groups is 1. The number of nitrogens with two attached hydrogens (primary N) is 1. The highest BCUT2D eigenvalue weighted by Crippen LogP contribution is 2.10. The van der Waals surface area contributed by atoms with E-state index in [0.29, 0.717) is 18.6 Å². The summed E-state index contributed by atoms with van der Waals surface area (Å²) in [5.41, 5.74) is 5.66. The zero-order chi connectivity index (χ0) is 20.3. The molecule has 0 aromatic carbocycles. The van der Waals surface area contributed by atoms with E-state index in [2.05, 4.69) is 10.6 Å². The van der Waals surface area contributed by atoms with Crippen LogP contribution in [0.1, 0.15) is 39.5 Å². The third kappa shape index (κ3) is 9.04. The molecule has 9 nitrogen and oxygen atoms in total. The van der Waals surface area contributed by atoms with E-state index in [1.54, 1.807) is 6.92 Å². The van der Waals surface area contributed by atoms with Crippen LogP contribution in [0.2, 0.25) is 0 Å². The van der Waals surface area contributed by atoms with E-state index in [9.17, 15) is 24.3 Å². The number of carboxylic acids is 2. The molecule has 2 amide bonds. The molecule has 10 heteroatoms. The molecule has 150 valence electrons. The maximum atomic E-state index is 12.5. The van der Waals surface area contributed by atoms with Gasteiger partial charge < -0.3 is 26.6 Å². The first-order chi connectivity index (χ1) is 12.1. The van der Waals surface area contributed by atoms with Gasteiger partial charge in [-0.15, -0.1) is 0 Å². The van der Waals surface area contributed by atoms with Gasteiger partial charge in [-0.3, -0.25) is 14.4 Å². The van der Waals surface area contributed by atoms with Crippen molar-refractivity contribution in [1.29, 1.82) is 0 Å². The van der Waals surface area contributed by atoms with Crippen LogP contribution in [0.25, 0.3) is 0 Å². The summed E-state index contributed by atoms with van der Waals surface area (Å²) in [6.45, 7) is 3.54. The maximum absolute atomic E-state index is 12.5. The van der Waals surface area contributed by atoms with Gasteiger partial charge in [0.05, 0.1) is 6.04 Å². The average Bonchev–Trinajstić information content (AvgIpc) is 2.59. The number of rotatable bonds is 13. The Hall–Kier alpha value is -1.81. The molecule has 6 N–H and O–H groups in total. The summed E-state index contributed by atoms with van der Waals surface area (Å²) in [5.74, 6) is -3.13. The summed E-state index contributed by atoms with van der Waals surface area (Å²) in [6.07, 6.45) is 2.40. The third-order valence-corrected chi connectivity index (χ3v) is 4.67. The molecule has 0 saturated heterocycles. The minimum atomic E-state index is -1.14. The number of amides is 2. The minimum Gasteiger partial charge on any atom is -0.481 e. The van der Waals surface area contributed by atoms with Crippen molar-refractivity contribution < 1.29 is 29.4 Å². The van der Waals surface area contributed by atoms with E-state index >= 15 is 0 Å². The molecule has 0 aromatic rings. The second-order valence-corrected chi connectivity index (χ2v) is 7.08. The monoisotopic (exact) mass is 391 g/mol. The summed E-state index contributed by atoms with van der Waals surface area (Å²) < 4.78 is 0. The van der Waals surface area contributed by atoms with Gasteiger partial charge in [0.25, 0.3) is 0 Å². The van der Waals surface area contributed by atoms with Gasteiger partial charge in [-0.05, 0) is 30.8 Å². The lowest BCUT2D eigenvalue weighted by atomic mass is 9.98. The van der Waals surface area contributed by atoms with E-state index in [0.717, 1.165) is 0 Å². The number of carbonyl (C=O) groups excluding carboxylic acids is 2. The highest BCUT2D eigenvalue weighted by atomic mass is 32.2. The van der Waals surface area contributed by atoms with Crippen LogP contribution in [-0.4, -0.2) is 64.1 Å². The fourth-order valence-corrected chi connectivity index (χ4v) is 2.60. The number of carboxylic acid groups (broad SMARTS) is 2. The molecule has 26 heavy (non-hydrogen) atoms. The van der Waals surface area contributed by atoms with E-state index in [1.807, 2.05) is 13.2 Å². The van der Waals surface area contributed by atoms with Crippen molar-refractivity contribution in [2.75, 3.05) is 12.0 Å². The quantitative estimate of drug-likeness (QED) is 0.294. The second kappa shape index (κ2) is 12.5. The summed E-state index contributed by atoms with van der Waals surface area (Å²) in [4.78, 5) is 46.5. The number of hydrogen-bond acceptors (Lipinski definition) is 6. The fourth-order valence-electron chi connectivity index (χ4n) is 2.13. The largest absolute Gasteiger partial charge is 0.481 e. The van der Waals surface area contributed by atoms with Crippen LogP contribution in [0.5, 0.6) is 0 Å². The van der Waals surface area contributed by atoms with Crippen molar-refractivity contribution in [3.8, 4) is 0 Å². The van der Waals surface area contributed by atoms with Gasteiger partial charge in [0.2, 0.25) is 11.8 Å². The summed E-state index contributed by atoms with van der Waals surface area (Å²) >= 11 is 1.48. The Morgan fingerprint density at radius 2 is 1.69 bits per heavy atom. The normalized spacial score (nSPS) is 15.4. The van der Waals surface area contributed by atoms with Crippen molar-refractivity contribution in [2.24, 2.45) is 11.7 Å². The van der Waals surface area contributed by atoms with Crippen molar-refractivity contribution in [3.63, 3.8) is 0 Å². The molecule has 0 aliphatic rings. The van der Waals surface area contributed by atoms with Crippen molar-refractivity contribution in [3.05, 3.63) is 0 Å². The lowest BCUT2D eigenvalue weighted by molar-refractivity contribution is -0.143. The molecule has 4 atom stereocenters. The van der Waals surface area contributed by atoms with Gasteiger partial charge in [0.1, 0.15) is 12.1 Å². The van der Waals surface area contributed by atoms with E-state index in [4.69, 9.17) is 10.8 Å². The number of carbonyl (C=O) groups is 4. The van der Waals surface area contributed by atoms with Gasteiger partial charge in [-0.2, -0.15) is 11.8 Å². The molecular weight excluding hydrogens is 362 g/mol. The molecule has 0 unspecified atom stereocenters. The average molecular weight is 391 g/mol. The molecule has 0 bridgehead atoms. The summed E-state index contributed by atoms with van der Waals surface area (Å²) in [7, 11) is 0. The molecule has 0 fully saturated rings. The number of hydrogen-bond donors (Lipinski definition) is 5. The van der Waals surface area contributed by atoms with Crippen LogP contribution in [0.15, 0.2) is 0 Å². The molecule has 0 spiro atoms. The van der Waals surface area contributed by atoms with Gasteiger partial charge in [-0.1, -0.05) is 20.3 Å². The molecule has 0 rings (SSSR count). The highest BCUT2D eigenvalue weighted by molar-refractivity contribution is 7.98. The first-order valence-corrected chi connectivity index (χ1v) is 9.83. The van der Waals surface area contributed by atoms with Crippen LogP contribution in [0, 0.1) is 5.92 Å². The number of aliphatic carboxylic acids is 2. The van der Waals surface area contributed by atoms with Crippen molar-refractivity contribution in [1.82, 2.24) is 10.6 Å². The first kappa shape index (κ1) is 24.2. The van der Waals surface area contributed by atoms with Crippen LogP contribution in [-0.2, 0) is 19.2 Å². The van der Waals surface area contributed by atoms with Crippen LogP contribution in [0.3, 0.4) is 0 Å². The second-order valence-electron chi connectivity index (χ2n) is 6.09. The minimum absolute atomic E-state index is 0.0529. The standard InChI is InChI=1S/C16H29N3O6S/c1-4-9(2)13(16(24)25)19-15(23)11(7-8-26-3)18-14(22)10(17)5-6-12(20)21/h9-11,13H,4-8,17H2,1-3H3,(H,18,22)(H,19,23)(H,20,21)(H,24,25)/t9-,10-,11-,13-/m0/s1. The Balaban J connectivity index is 4.99. The van der Waals surface area contributed by atoms with Crippen molar-refractivity contribution in [2.45, 2.75) is 57.7 Å². The fraction of sp³-hybridized carbons (Fsp3) is 0.750. The summed E-state index contributed by atoms with van der Waals surface area (Å²) in [6, 6.07) is -3.04. The lowest BCUT2D eigenvalue weighted by Gasteiger charge is -2.25. The van der Waals surface area contributed by atoms with Gasteiger partial charge in [0, 0.05) is 6.42 Å². The molecule has 0 aromatic heterocycles. The van der Waals surface area contributed by atoms with E-state index in [1.165, 1.54) is 11.8 Å². The van der Waals surface area contributed by atoms with Crippen LogP contribution >= 0.6 is 11.8 Å². The molecule has 0 saturated carbocycles. The van der Waals surface area contributed by atoms with Gasteiger partial charge in [-0.25, -0.2) is 4.79 Å². The molecule has 0 heterocycles. The molecule has 0 radical (unpaired) electrons. The first-order valence-electron chi connectivity index (χ1n) is 8.43. The Bertz CT molecular complexity index is 502. The number of nitrogens with one attached hydrogen (secondary N) is 2. The third-order valence-electron chi connectivity index (χ3n) is 4.03. The highest BCUT2D eigenvalue weighted by Gasteiger charge is 2.30. The SMILES string of the molecule is CC[C@H](C)[C@H](NC(=O)[C@H](CCSC)NC(=O)[C@@H](N)CCC(=O)O)C(=O)O. The Morgan fingerprint density at radius 1 is 1.08 bits per heavy atom. The van der Waals surface area contributed by atoms with E-state index < -0.39 is 41.9 Å². The maximum Gasteiger partial charge on any atom is 0.326 e.